The Morgan fingerprint density at radius 2 is 2.20 bits per heavy atom. The highest BCUT2D eigenvalue weighted by molar-refractivity contribution is 7.96. The second-order valence-corrected chi connectivity index (χ2v) is 3.84. The van der Waals surface area contributed by atoms with Gasteiger partial charge in [-0.2, -0.15) is 0 Å². The standard InChI is InChI=1S/C11H12N2OS/c1-8-4-2-3-5-10(8)9-6-12-13(7-9)11(14)15/h2-5,7,12H,6H2,1H3,(H,14,15). The largest absolute Gasteiger partial charge is 0.296 e. The summed E-state index contributed by atoms with van der Waals surface area (Å²) >= 11 is 3.75. The Kier molecular flexibility index (Phi) is 2.79. The van der Waals surface area contributed by atoms with Crippen LogP contribution >= 0.6 is 12.6 Å². The summed E-state index contributed by atoms with van der Waals surface area (Å²) in [5, 5.41) is 1.10. The number of rotatable bonds is 1. The van der Waals surface area contributed by atoms with Crippen LogP contribution in [0.3, 0.4) is 0 Å². The van der Waals surface area contributed by atoms with Gasteiger partial charge in [0.1, 0.15) is 0 Å². The van der Waals surface area contributed by atoms with Gasteiger partial charge in [0.15, 0.2) is 0 Å². The highest BCUT2D eigenvalue weighted by Crippen LogP contribution is 2.21. The number of nitrogens with one attached hydrogen (secondary N) is 1. The summed E-state index contributed by atoms with van der Waals surface area (Å²) in [5.41, 5.74) is 6.43. The molecule has 2 rings (SSSR count). The fourth-order valence-electron chi connectivity index (χ4n) is 1.64. The third-order valence-electron chi connectivity index (χ3n) is 2.42. The van der Waals surface area contributed by atoms with E-state index in [0.29, 0.717) is 6.54 Å². The minimum atomic E-state index is -0.293. The minimum Gasteiger partial charge on any atom is -0.260 e. The Hall–Kier alpha value is -1.26. The van der Waals surface area contributed by atoms with Gasteiger partial charge in [0.25, 0.3) is 5.24 Å². The number of hydrogen-bond donors (Lipinski definition) is 2. The molecule has 1 aromatic carbocycles. The molecule has 1 heterocycles. The van der Waals surface area contributed by atoms with E-state index in [1.165, 1.54) is 16.1 Å². The topological polar surface area (TPSA) is 32.3 Å². The molecule has 0 bridgehead atoms. The second-order valence-electron chi connectivity index (χ2n) is 3.46. The molecule has 1 N–H and O–H groups in total. The molecule has 0 saturated carbocycles. The molecular weight excluding hydrogens is 208 g/mol. The lowest BCUT2D eigenvalue weighted by Gasteiger charge is -2.07. The highest BCUT2D eigenvalue weighted by Gasteiger charge is 2.17. The predicted octanol–water partition coefficient (Wildman–Crippen LogP) is 2.21. The summed E-state index contributed by atoms with van der Waals surface area (Å²) in [7, 11) is 0. The third-order valence-corrected chi connectivity index (χ3v) is 2.64. The van der Waals surface area contributed by atoms with Gasteiger partial charge in [-0.3, -0.25) is 4.79 Å². The molecule has 1 amide bonds. The van der Waals surface area contributed by atoms with E-state index >= 15 is 0 Å². The van der Waals surface area contributed by atoms with Gasteiger partial charge in [-0.25, -0.2) is 10.4 Å². The van der Waals surface area contributed by atoms with E-state index in [0.717, 1.165) is 5.57 Å². The molecule has 78 valence electrons. The monoisotopic (exact) mass is 220 g/mol. The van der Waals surface area contributed by atoms with E-state index in [9.17, 15) is 4.79 Å². The number of hydrazine groups is 1. The summed E-state index contributed by atoms with van der Waals surface area (Å²) in [6.07, 6.45) is 1.79. The number of benzene rings is 1. The molecule has 1 aromatic rings. The van der Waals surface area contributed by atoms with Crippen molar-refractivity contribution in [3.8, 4) is 0 Å². The van der Waals surface area contributed by atoms with Gasteiger partial charge < -0.3 is 0 Å². The van der Waals surface area contributed by atoms with Crippen LogP contribution in [0, 0.1) is 6.92 Å². The van der Waals surface area contributed by atoms with Crippen molar-refractivity contribution in [1.29, 1.82) is 0 Å². The fraction of sp³-hybridized carbons (Fsp3) is 0.182. The molecule has 1 aliphatic heterocycles. The molecule has 1 aliphatic rings. The zero-order valence-corrected chi connectivity index (χ0v) is 9.29. The van der Waals surface area contributed by atoms with E-state index in [-0.39, 0.29) is 5.24 Å². The molecule has 0 aliphatic carbocycles. The molecule has 0 unspecified atom stereocenters. The maximum atomic E-state index is 11.0. The lowest BCUT2D eigenvalue weighted by Crippen LogP contribution is -2.30. The van der Waals surface area contributed by atoms with Gasteiger partial charge in [-0.05, 0) is 23.6 Å². The molecule has 4 heteroatoms. The Labute approximate surface area is 94.2 Å². The SMILES string of the molecule is Cc1ccccc1C1=CN(C(=O)S)NC1. The van der Waals surface area contributed by atoms with Crippen molar-refractivity contribution < 1.29 is 4.79 Å². The third kappa shape index (κ3) is 2.06. The summed E-state index contributed by atoms with van der Waals surface area (Å²) in [4.78, 5) is 11.0. The molecular formula is C11H12N2OS. The number of carbonyl (C=O) groups is 1. The van der Waals surface area contributed by atoms with Crippen LogP contribution in [0.2, 0.25) is 0 Å². The Bertz CT molecular complexity index is 428. The van der Waals surface area contributed by atoms with Crippen molar-refractivity contribution in [2.75, 3.05) is 6.54 Å². The second kappa shape index (κ2) is 4.08. The normalized spacial score (nSPS) is 15.3. The van der Waals surface area contributed by atoms with Crippen LogP contribution in [0.15, 0.2) is 30.5 Å². The van der Waals surface area contributed by atoms with Crippen LogP contribution in [0.1, 0.15) is 11.1 Å². The van der Waals surface area contributed by atoms with E-state index in [2.05, 4.69) is 37.1 Å². The van der Waals surface area contributed by atoms with Gasteiger partial charge >= 0.3 is 0 Å². The number of thiol groups is 1. The van der Waals surface area contributed by atoms with E-state index in [1.807, 2.05) is 12.1 Å². The zero-order valence-electron chi connectivity index (χ0n) is 8.40. The molecule has 0 radical (unpaired) electrons. The van der Waals surface area contributed by atoms with Crippen LogP contribution in [-0.4, -0.2) is 16.8 Å². The molecule has 0 aromatic heterocycles. The van der Waals surface area contributed by atoms with E-state index in [4.69, 9.17) is 0 Å². The first-order chi connectivity index (χ1) is 7.18. The molecule has 0 fully saturated rings. The fourth-order valence-corrected chi connectivity index (χ4v) is 1.77. The maximum Gasteiger partial charge on any atom is 0.296 e. The molecule has 0 spiro atoms. The first-order valence-electron chi connectivity index (χ1n) is 4.71. The summed E-state index contributed by atoms with van der Waals surface area (Å²) in [6.45, 7) is 2.72. The number of hydrogen-bond acceptors (Lipinski definition) is 2. The van der Waals surface area contributed by atoms with Crippen molar-refractivity contribution in [2.45, 2.75) is 6.92 Å². The highest BCUT2D eigenvalue weighted by atomic mass is 32.1. The summed E-state index contributed by atoms with van der Waals surface area (Å²) in [6, 6.07) is 8.11. The van der Waals surface area contributed by atoms with E-state index in [1.54, 1.807) is 6.20 Å². The van der Waals surface area contributed by atoms with Gasteiger partial charge in [-0.1, -0.05) is 36.9 Å². The Balaban J connectivity index is 2.30. The summed E-state index contributed by atoms with van der Waals surface area (Å²) in [5.74, 6) is 0. The number of nitrogens with zero attached hydrogens (tertiary/aromatic N) is 1. The zero-order chi connectivity index (χ0) is 10.8. The number of carbonyl (C=O) groups excluding carboxylic acids is 1. The smallest absolute Gasteiger partial charge is 0.260 e. The lowest BCUT2D eigenvalue weighted by molar-refractivity contribution is 0.229. The van der Waals surface area contributed by atoms with Crippen molar-refractivity contribution in [3.63, 3.8) is 0 Å². The minimum absolute atomic E-state index is 0.293. The average Bonchev–Trinajstić information content (AvgIpc) is 2.67. The van der Waals surface area contributed by atoms with Crippen molar-refractivity contribution in [3.05, 3.63) is 41.6 Å². The van der Waals surface area contributed by atoms with Crippen LogP contribution < -0.4 is 5.43 Å². The molecule has 15 heavy (non-hydrogen) atoms. The number of amides is 1. The molecule has 0 atom stereocenters. The first-order valence-corrected chi connectivity index (χ1v) is 5.15. The Morgan fingerprint density at radius 3 is 2.80 bits per heavy atom. The quantitative estimate of drug-likeness (QED) is 0.711. The molecule has 0 saturated heterocycles. The van der Waals surface area contributed by atoms with Gasteiger partial charge in [0, 0.05) is 12.7 Å². The van der Waals surface area contributed by atoms with Gasteiger partial charge in [-0.15, -0.1) is 0 Å². The molecule has 3 nitrogen and oxygen atoms in total. The van der Waals surface area contributed by atoms with Gasteiger partial charge in [0.05, 0.1) is 0 Å². The maximum absolute atomic E-state index is 11.0. The first kappa shape index (κ1) is 10.3. The van der Waals surface area contributed by atoms with Gasteiger partial charge in [0.2, 0.25) is 0 Å². The Morgan fingerprint density at radius 1 is 1.47 bits per heavy atom. The van der Waals surface area contributed by atoms with Crippen LogP contribution in [0.25, 0.3) is 5.57 Å². The van der Waals surface area contributed by atoms with Crippen molar-refractivity contribution in [1.82, 2.24) is 10.4 Å². The van der Waals surface area contributed by atoms with Crippen molar-refractivity contribution >= 4 is 23.4 Å². The number of aryl methyl sites for hydroxylation is 1. The predicted molar refractivity (Wildman–Crippen MR) is 63.4 cm³/mol. The lowest BCUT2D eigenvalue weighted by atomic mass is 10.0. The summed E-state index contributed by atoms with van der Waals surface area (Å²) < 4.78 is 0. The van der Waals surface area contributed by atoms with Crippen LogP contribution in [0.4, 0.5) is 4.79 Å². The van der Waals surface area contributed by atoms with Crippen LogP contribution in [0.5, 0.6) is 0 Å². The van der Waals surface area contributed by atoms with Crippen LogP contribution in [-0.2, 0) is 0 Å². The van der Waals surface area contributed by atoms with E-state index < -0.39 is 0 Å². The van der Waals surface area contributed by atoms with Crippen molar-refractivity contribution in [2.24, 2.45) is 0 Å². The average molecular weight is 220 g/mol.